The molecule has 2 amide bonds. The molecular weight excluding hydrogens is 360 g/mol. The molecular formula is C16H16F4N2O4. The summed E-state index contributed by atoms with van der Waals surface area (Å²) >= 11 is 0. The van der Waals surface area contributed by atoms with Crippen LogP contribution in [0.2, 0.25) is 0 Å². The van der Waals surface area contributed by atoms with Gasteiger partial charge in [-0.2, -0.15) is 17.6 Å². The van der Waals surface area contributed by atoms with Gasteiger partial charge in [0.05, 0.1) is 18.7 Å². The van der Waals surface area contributed by atoms with Crippen LogP contribution < -0.4 is 4.74 Å². The summed E-state index contributed by atoms with van der Waals surface area (Å²) in [5.41, 5.74) is -1.10. The second-order valence-corrected chi connectivity index (χ2v) is 6.34. The molecule has 0 aliphatic carbocycles. The largest absolute Gasteiger partial charge is 0.461 e. The van der Waals surface area contributed by atoms with Crippen molar-refractivity contribution in [3.63, 3.8) is 0 Å². The fraction of sp³-hybridized carbons (Fsp3) is 0.500. The molecule has 0 radical (unpaired) electrons. The first-order valence-corrected chi connectivity index (χ1v) is 7.81. The van der Waals surface area contributed by atoms with Gasteiger partial charge in [0.2, 0.25) is 0 Å². The Kier molecular flexibility index (Phi) is 4.45. The van der Waals surface area contributed by atoms with Crippen molar-refractivity contribution >= 4 is 12.0 Å². The third-order valence-electron chi connectivity index (χ3n) is 4.36. The Morgan fingerprint density at radius 1 is 1.31 bits per heavy atom. The van der Waals surface area contributed by atoms with Crippen LogP contribution in [0.1, 0.15) is 16.8 Å². The number of nitrogens with zero attached hydrogens (tertiary/aromatic N) is 2. The lowest BCUT2D eigenvalue weighted by molar-refractivity contribution is -0.253. The van der Waals surface area contributed by atoms with E-state index in [9.17, 15) is 27.2 Å². The highest BCUT2D eigenvalue weighted by atomic mass is 19.3. The van der Waals surface area contributed by atoms with Crippen LogP contribution in [-0.4, -0.2) is 66.6 Å². The molecule has 3 rings (SSSR count). The van der Waals surface area contributed by atoms with Crippen LogP contribution in [0.3, 0.4) is 0 Å². The molecule has 0 N–H and O–H groups in total. The number of likely N-dealkylation sites (tertiary alicyclic amines) is 1. The van der Waals surface area contributed by atoms with Crippen molar-refractivity contribution < 1.29 is 36.6 Å². The van der Waals surface area contributed by atoms with Crippen LogP contribution in [0, 0.1) is 0 Å². The van der Waals surface area contributed by atoms with E-state index in [0.29, 0.717) is 13.0 Å². The van der Waals surface area contributed by atoms with Gasteiger partial charge in [-0.05, 0) is 12.1 Å². The number of benzene rings is 1. The number of carbonyl (C=O) groups excluding carboxylic acids is 2. The Hall–Kier alpha value is -2.52. The Morgan fingerprint density at radius 2 is 2.00 bits per heavy atom. The monoisotopic (exact) mass is 376 g/mol. The SMILES string of the molecule is CN1CC2(CCN(C(=O)c3ccccc3OC(F)(F)C(F)F)C2)OC1=O. The van der Waals surface area contributed by atoms with Crippen molar-refractivity contribution in [3.05, 3.63) is 29.8 Å². The van der Waals surface area contributed by atoms with Gasteiger partial charge < -0.3 is 19.3 Å². The summed E-state index contributed by atoms with van der Waals surface area (Å²) < 4.78 is 60.6. The predicted octanol–water partition coefficient (Wildman–Crippen LogP) is 2.59. The predicted molar refractivity (Wildman–Crippen MR) is 80.4 cm³/mol. The first-order chi connectivity index (χ1) is 12.1. The van der Waals surface area contributed by atoms with E-state index in [0.717, 1.165) is 6.07 Å². The molecule has 1 aromatic rings. The van der Waals surface area contributed by atoms with Crippen LogP contribution in [0.25, 0.3) is 0 Å². The molecule has 2 fully saturated rings. The zero-order chi connectivity index (χ0) is 19.1. The van der Waals surface area contributed by atoms with Gasteiger partial charge >= 0.3 is 18.6 Å². The molecule has 1 atom stereocenters. The standard InChI is InChI=1S/C16H16F4N2O4/c1-21-8-15(26-14(21)24)6-7-22(9-15)12(23)10-4-2-3-5-11(10)25-16(19,20)13(17)18/h2-5,13H,6-9H2,1H3. The van der Waals surface area contributed by atoms with Crippen molar-refractivity contribution in [1.82, 2.24) is 9.80 Å². The number of hydrogen-bond acceptors (Lipinski definition) is 4. The third-order valence-corrected chi connectivity index (χ3v) is 4.36. The van der Waals surface area contributed by atoms with Gasteiger partial charge in [-0.1, -0.05) is 12.1 Å². The van der Waals surface area contributed by atoms with Crippen molar-refractivity contribution in [2.45, 2.75) is 24.6 Å². The zero-order valence-corrected chi connectivity index (χ0v) is 13.8. The molecule has 6 nitrogen and oxygen atoms in total. The highest BCUT2D eigenvalue weighted by Gasteiger charge is 2.50. The summed E-state index contributed by atoms with van der Waals surface area (Å²) in [5.74, 6) is -1.29. The van der Waals surface area contributed by atoms with Crippen molar-refractivity contribution in [2.24, 2.45) is 0 Å². The number of rotatable bonds is 4. The fourth-order valence-corrected chi connectivity index (χ4v) is 3.12. The fourth-order valence-electron chi connectivity index (χ4n) is 3.12. The molecule has 2 saturated heterocycles. The molecule has 0 aromatic heterocycles. The number of hydrogen-bond donors (Lipinski definition) is 0. The number of halogens is 4. The minimum Gasteiger partial charge on any atom is -0.439 e. The van der Waals surface area contributed by atoms with Crippen molar-refractivity contribution in [3.8, 4) is 5.75 Å². The molecule has 2 aliphatic heterocycles. The van der Waals surface area contributed by atoms with Crippen LogP contribution >= 0.6 is 0 Å². The molecule has 0 bridgehead atoms. The van der Waals surface area contributed by atoms with E-state index in [1.165, 1.54) is 28.0 Å². The minimum absolute atomic E-state index is 0.0848. The maximum atomic E-state index is 13.2. The number of likely N-dealkylation sites (N-methyl/N-ethyl adjacent to an activating group) is 1. The van der Waals surface area contributed by atoms with Crippen LogP contribution in [-0.2, 0) is 4.74 Å². The number of para-hydroxylation sites is 1. The molecule has 142 valence electrons. The average Bonchev–Trinajstić information content (AvgIpc) is 3.09. The number of ether oxygens (including phenoxy) is 2. The van der Waals surface area contributed by atoms with E-state index in [4.69, 9.17) is 4.74 Å². The highest BCUT2D eigenvalue weighted by Crippen LogP contribution is 2.35. The van der Waals surface area contributed by atoms with E-state index in [1.807, 2.05) is 0 Å². The topological polar surface area (TPSA) is 59.1 Å². The second kappa shape index (κ2) is 6.33. The van der Waals surface area contributed by atoms with Gasteiger partial charge in [-0.25, -0.2) is 4.79 Å². The third kappa shape index (κ3) is 3.27. The average molecular weight is 376 g/mol. The van der Waals surface area contributed by atoms with Gasteiger partial charge in [0, 0.05) is 20.0 Å². The van der Waals surface area contributed by atoms with Crippen molar-refractivity contribution in [2.75, 3.05) is 26.7 Å². The summed E-state index contributed by atoms with van der Waals surface area (Å²) in [5, 5.41) is 0. The first kappa shape index (κ1) is 18.3. The molecule has 1 spiro atoms. The van der Waals surface area contributed by atoms with E-state index < -0.39 is 35.9 Å². The van der Waals surface area contributed by atoms with E-state index in [2.05, 4.69) is 4.74 Å². The van der Waals surface area contributed by atoms with Gasteiger partial charge in [0.15, 0.2) is 5.60 Å². The zero-order valence-electron chi connectivity index (χ0n) is 13.8. The maximum Gasteiger partial charge on any atom is 0.461 e. The quantitative estimate of drug-likeness (QED) is 0.758. The minimum atomic E-state index is -4.72. The number of amides is 2. The summed E-state index contributed by atoms with van der Waals surface area (Å²) in [6, 6.07) is 4.96. The summed E-state index contributed by atoms with van der Waals surface area (Å²) in [6.07, 6.45) is -8.86. The molecule has 2 heterocycles. The van der Waals surface area contributed by atoms with E-state index in [-0.39, 0.29) is 18.7 Å². The normalized spacial score (nSPS) is 23.1. The number of carbonyl (C=O) groups is 2. The van der Waals surface area contributed by atoms with Gasteiger partial charge in [-0.15, -0.1) is 0 Å². The molecule has 10 heteroatoms. The van der Waals surface area contributed by atoms with Gasteiger partial charge in [-0.3, -0.25) is 4.79 Å². The first-order valence-electron chi connectivity index (χ1n) is 7.81. The summed E-state index contributed by atoms with van der Waals surface area (Å²) in [7, 11) is 1.57. The van der Waals surface area contributed by atoms with E-state index in [1.54, 1.807) is 7.05 Å². The lowest BCUT2D eigenvalue weighted by Crippen LogP contribution is -2.39. The van der Waals surface area contributed by atoms with Gasteiger partial charge in [0.25, 0.3) is 5.91 Å². The molecule has 1 aromatic carbocycles. The summed E-state index contributed by atoms with van der Waals surface area (Å²) in [6.45, 7) is 0.623. The Bertz CT molecular complexity index is 730. The lowest BCUT2D eigenvalue weighted by Gasteiger charge is -2.23. The Morgan fingerprint density at radius 3 is 2.62 bits per heavy atom. The van der Waals surface area contributed by atoms with Gasteiger partial charge in [0.1, 0.15) is 5.75 Å². The second-order valence-electron chi connectivity index (χ2n) is 6.34. The Balaban J connectivity index is 1.78. The molecule has 2 aliphatic rings. The van der Waals surface area contributed by atoms with Crippen LogP contribution in [0.5, 0.6) is 5.75 Å². The van der Waals surface area contributed by atoms with Crippen LogP contribution in [0.15, 0.2) is 24.3 Å². The van der Waals surface area contributed by atoms with Crippen molar-refractivity contribution in [1.29, 1.82) is 0 Å². The van der Waals surface area contributed by atoms with E-state index >= 15 is 0 Å². The lowest BCUT2D eigenvalue weighted by atomic mass is 10.0. The number of alkyl halides is 4. The molecule has 1 unspecified atom stereocenters. The smallest absolute Gasteiger partial charge is 0.439 e. The maximum absolute atomic E-state index is 13.2. The highest BCUT2D eigenvalue weighted by molar-refractivity contribution is 5.97. The molecule has 26 heavy (non-hydrogen) atoms. The molecule has 0 saturated carbocycles. The Labute approximate surface area is 146 Å². The van der Waals surface area contributed by atoms with Crippen LogP contribution in [0.4, 0.5) is 22.4 Å². The summed E-state index contributed by atoms with van der Waals surface area (Å²) in [4.78, 5) is 27.0.